The molecule has 2 N–H and O–H groups in total. The highest BCUT2D eigenvalue weighted by Crippen LogP contribution is 2.16. The molecule has 0 fully saturated rings. The third-order valence-corrected chi connectivity index (χ3v) is 4.09. The smallest absolute Gasteiger partial charge is 0.0883 e. The van der Waals surface area contributed by atoms with Crippen LogP contribution >= 0.6 is 0 Å². The predicted octanol–water partition coefficient (Wildman–Crippen LogP) is 4.65. The van der Waals surface area contributed by atoms with Crippen molar-refractivity contribution in [3.05, 3.63) is 101 Å². The fourth-order valence-corrected chi connectivity index (χ4v) is 2.58. The van der Waals surface area contributed by atoms with Gasteiger partial charge in [-0.15, -0.1) is 0 Å². The first-order chi connectivity index (χ1) is 12.1. The molecule has 0 aliphatic carbocycles. The van der Waals surface area contributed by atoms with Crippen LogP contribution in [0.25, 0.3) is 5.70 Å². The van der Waals surface area contributed by atoms with Gasteiger partial charge in [-0.3, -0.25) is 9.98 Å². The van der Waals surface area contributed by atoms with Gasteiger partial charge in [0.2, 0.25) is 0 Å². The van der Waals surface area contributed by atoms with E-state index in [1.807, 2.05) is 42.5 Å². The molecule has 1 aromatic heterocycles. The Morgan fingerprint density at radius 1 is 1.04 bits per heavy atom. The Kier molecular flexibility index (Phi) is 5.05. The number of rotatable bonds is 5. The van der Waals surface area contributed by atoms with Gasteiger partial charge in [-0.25, -0.2) is 0 Å². The maximum atomic E-state index is 5.93. The van der Waals surface area contributed by atoms with Crippen molar-refractivity contribution in [3.8, 4) is 0 Å². The van der Waals surface area contributed by atoms with Crippen LogP contribution in [0.1, 0.15) is 28.1 Å². The monoisotopic (exact) mass is 327 g/mol. The van der Waals surface area contributed by atoms with Gasteiger partial charge in [0.1, 0.15) is 0 Å². The molecule has 124 valence electrons. The van der Waals surface area contributed by atoms with E-state index in [0.29, 0.717) is 11.4 Å². The van der Waals surface area contributed by atoms with Gasteiger partial charge in [0.25, 0.3) is 0 Å². The lowest BCUT2D eigenvalue weighted by Gasteiger charge is -2.07. The van der Waals surface area contributed by atoms with E-state index in [1.165, 1.54) is 11.1 Å². The average Bonchev–Trinajstić information content (AvgIpc) is 2.63. The first-order valence-corrected chi connectivity index (χ1v) is 8.22. The standard InChI is InChI=1S/C22H21N3/c1-16-8-3-4-9-18(16)14-20-11-7-13-22(25-20)17(2)24-15-19-10-5-6-12-21(19)23/h3-13,15H,2,14,23H2,1H3. The first kappa shape index (κ1) is 16.7. The lowest BCUT2D eigenvalue weighted by atomic mass is 10.0. The number of aryl methyl sites for hydroxylation is 1. The van der Waals surface area contributed by atoms with Crippen LogP contribution in [0.5, 0.6) is 0 Å². The quantitative estimate of drug-likeness (QED) is 0.547. The summed E-state index contributed by atoms with van der Waals surface area (Å²) < 4.78 is 0. The Hall–Kier alpha value is -3.20. The minimum atomic E-state index is 0.620. The van der Waals surface area contributed by atoms with Crippen molar-refractivity contribution in [2.75, 3.05) is 5.73 Å². The summed E-state index contributed by atoms with van der Waals surface area (Å²) in [5, 5.41) is 0. The summed E-state index contributed by atoms with van der Waals surface area (Å²) in [5.41, 5.74) is 12.4. The van der Waals surface area contributed by atoms with Crippen molar-refractivity contribution >= 4 is 17.6 Å². The molecule has 0 radical (unpaired) electrons. The summed E-state index contributed by atoms with van der Waals surface area (Å²) in [6.07, 6.45) is 2.52. The molecular formula is C22H21N3. The third kappa shape index (κ3) is 4.21. The van der Waals surface area contributed by atoms with Crippen LogP contribution in [0.15, 0.2) is 78.3 Å². The molecule has 0 unspecified atom stereocenters. The van der Waals surface area contributed by atoms with Crippen molar-refractivity contribution < 1.29 is 0 Å². The van der Waals surface area contributed by atoms with Crippen LogP contribution in [-0.4, -0.2) is 11.2 Å². The summed E-state index contributed by atoms with van der Waals surface area (Å²) in [7, 11) is 0. The second kappa shape index (κ2) is 7.58. The molecule has 3 nitrogen and oxygen atoms in total. The summed E-state index contributed by atoms with van der Waals surface area (Å²) in [5.74, 6) is 0. The zero-order valence-electron chi connectivity index (χ0n) is 14.3. The minimum absolute atomic E-state index is 0.620. The molecule has 0 saturated carbocycles. The number of nitrogen functional groups attached to an aromatic ring is 1. The number of benzene rings is 2. The molecule has 0 amide bonds. The zero-order valence-corrected chi connectivity index (χ0v) is 14.3. The van der Waals surface area contributed by atoms with Crippen LogP contribution in [0, 0.1) is 6.92 Å². The van der Waals surface area contributed by atoms with Gasteiger partial charge in [0.05, 0.1) is 11.4 Å². The second-order valence-electron chi connectivity index (χ2n) is 5.95. The maximum Gasteiger partial charge on any atom is 0.0883 e. The molecule has 0 atom stereocenters. The number of hydrogen-bond acceptors (Lipinski definition) is 3. The van der Waals surface area contributed by atoms with Crippen LogP contribution in [-0.2, 0) is 6.42 Å². The Bertz CT molecular complexity index is 926. The highest BCUT2D eigenvalue weighted by molar-refractivity contribution is 5.89. The van der Waals surface area contributed by atoms with E-state index in [-0.39, 0.29) is 0 Å². The first-order valence-electron chi connectivity index (χ1n) is 8.22. The molecule has 1 heterocycles. The van der Waals surface area contributed by atoms with Crippen LogP contribution in [0.3, 0.4) is 0 Å². The zero-order chi connectivity index (χ0) is 17.6. The number of hydrogen-bond donors (Lipinski definition) is 1. The Morgan fingerprint density at radius 2 is 1.80 bits per heavy atom. The van der Waals surface area contributed by atoms with Gasteiger partial charge < -0.3 is 5.73 Å². The van der Waals surface area contributed by atoms with Gasteiger partial charge in [0, 0.05) is 29.6 Å². The van der Waals surface area contributed by atoms with E-state index in [1.54, 1.807) is 6.21 Å². The fraction of sp³-hybridized carbons (Fsp3) is 0.0909. The van der Waals surface area contributed by atoms with Gasteiger partial charge in [-0.1, -0.05) is 55.1 Å². The molecule has 0 spiro atoms. The largest absolute Gasteiger partial charge is 0.398 e. The van der Waals surface area contributed by atoms with E-state index in [4.69, 9.17) is 10.7 Å². The average molecular weight is 327 g/mol. The summed E-state index contributed by atoms with van der Waals surface area (Å²) >= 11 is 0. The van der Waals surface area contributed by atoms with E-state index in [9.17, 15) is 0 Å². The Morgan fingerprint density at radius 3 is 2.60 bits per heavy atom. The lowest BCUT2D eigenvalue weighted by Crippen LogP contribution is -1.97. The van der Waals surface area contributed by atoms with E-state index in [2.05, 4.69) is 42.8 Å². The number of nitrogens with zero attached hydrogens (tertiary/aromatic N) is 2. The third-order valence-electron chi connectivity index (χ3n) is 4.09. The molecule has 0 aliphatic rings. The molecule has 2 aromatic carbocycles. The highest BCUT2D eigenvalue weighted by atomic mass is 14.8. The van der Waals surface area contributed by atoms with Crippen molar-refractivity contribution in [3.63, 3.8) is 0 Å². The maximum absolute atomic E-state index is 5.93. The Balaban J connectivity index is 1.78. The number of anilines is 1. The predicted molar refractivity (Wildman–Crippen MR) is 106 cm³/mol. The molecule has 0 saturated heterocycles. The number of aromatic nitrogens is 1. The van der Waals surface area contributed by atoms with E-state index in [0.717, 1.165) is 23.4 Å². The molecule has 0 bridgehead atoms. The SMILES string of the molecule is C=C(N=Cc1ccccc1N)c1cccc(Cc2ccccc2C)n1. The van der Waals surface area contributed by atoms with Gasteiger partial charge >= 0.3 is 0 Å². The second-order valence-corrected chi connectivity index (χ2v) is 5.95. The molecule has 3 rings (SSSR count). The highest BCUT2D eigenvalue weighted by Gasteiger charge is 2.04. The number of aliphatic imine (C=N–C) groups is 1. The number of nitrogens with two attached hydrogens (primary N) is 1. The van der Waals surface area contributed by atoms with E-state index >= 15 is 0 Å². The normalized spacial score (nSPS) is 10.9. The van der Waals surface area contributed by atoms with Gasteiger partial charge in [-0.2, -0.15) is 0 Å². The summed E-state index contributed by atoms with van der Waals surface area (Å²) in [6, 6.07) is 21.9. The lowest BCUT2D eigenvalue weighted by molar-refractivity contribution is 1.04. The van der Waals surface area contributed by atoms with Crippen LogP contribution in [0.4, 0.5) is 5.69 Å². The fourth-order valence-electron chi connectivity index (χ4n) is 2.58. The summed E-state index contributed by atoms with van der Waals surface area (Å²) in [4.78, 5) is 9.13. The van der Waals surface area contributed by atoms with E-state index < -0.39 is 0 Å². The van der Waals surface area contributed by atoms with Crippen molar-refractivity contribution in [1.82, 2.24) is 4.98 Å². The molecule has 3 aromatic rings. The number of para-hydroxylation sites is 1. The molecular weight excluding hydrogens is 306 g/mol. The van der Waals surface area contributed by atoms with Crippen molar-refractivity contribution in [1.29, 1.82) is 0 Å². The van der Waals surface area contributed by atoms with Crippen molar-refractivity contribution in [2.24, 2.45) is 4.99 Å². The van der Waals surface area contributed by atoms with Crippen LogP contribution < -0.4 is 5.73 Å². The molecule has 25 heavy (non-hydrogen) atoms. The summed E-state index contributed by atoms with van der Waals surface area (Å²) in [6.45, 7) is 6.15. The van der Waals surface area contributed by atoms with Gasteiger partial charge in [0.15, 0.2) is 0 Å². The minimum Gasteiger partial charge on any atom is -0.398 e. The van der Waals surface area contributed by atoms with Crippen molar-refractivity contribution in [2.45, 2.75) is 13.3 Å². The van der Waals surface area contributed by atoms with Gasteiger partial charge in [-0.05, 0) is 36.2 Å². The van der Waals surface area contributed by atoms with Crippen LogP contribution in [0.2, 0.25) is 0 Å². The Labute approximate surface area is 148 Å². The number of pyridine rings is 1. The topological polar surface area (TPSA) is 51.3 Å². The molecule has 3 heteroatoms. The molecule has 0 aliphatic heterocycles.